The molecule has 0 spiro atoms. The number of aryl methyl sites for hydroxylation is 2. The second kappa shape index (κ2) is 12.1. The third-order valence-electron chi connectivity index (χ3n) is 5.30. The lowest BCUT2D eigenvalue weighted by Gasteiger charge is -2.27. The Morgan fingerprint density at radius 1 is 1.13 bits per heavy atom. The Hall–Kier alpha value is -1.87. The van der Waals surface area contributed by atoms with Gasteiger partial charge in [0, 0.05) is 24.8 Å². The van der Waals surface area contributed by atoms with Crippen molar-refractivity contribution in [2.24, 2.45) is 4.99 Å². The predicted octanol–water partition coefficient (Wildman–Crippen LogP) is 4.47. The normalized spacial score (nSPS) is 19.0. The first-order valence-electron chi connectivity index (χ1n) is 10.5. The summed E-state index contributed by atoms with van der Waals surface area (Å²) in [7, 11) is 0. The Morgan fingerprint density at radius 3 is 2.60 bits per heavy atom. The SMILES string of the molecule is CCNC(=NCc1ccnc(Oc2ccc(C)c(C)c2)c1)NC1CCC(O)CC1.I. The third-order valence-corrected chi connectivity index (χ3v) is 5.30. The highest BCUT2D eigenvalue weighted by Gasteiger charge is 2.19. The number of aliphatic imine (C=N–C) groups is 1. The molecule has 3 rings (SSSR count). The molecule has 0 aliphatic heterocycles. The molecule has 0 unspecified atom stereocenters. The van der Waals surface area contributed by atoms with Crippen LogP contribution in [-0.2, 0) is 6.54 Å². The fraction of sp³-hybridized carbons (Fsp3) is 0.478. The molecule has 1 aliphatic carbocycles. The topological polar surface area (TPSA) is 78.8 Å². The zero-order valence-corrected chi connectivity index (χ0v) is 20.3. The van der Waals surface area contributed by atoms with Crippen LogP contribution in [0.1, 0.15) is 49.3 Å². The summed E-state index contributed by atoms with van der Waals surface area (Å²) in [6.45, 7) is 7.56. The Kier molecular flexibility index (Phi) is 9.84. The summed E-state index contributed by atoms with van der Waals surface area (Å²) in [6.07, 6.45) is 5.23. The van der Waals surface area contributed by atoms with E-state index >= 15 is 0 Å². The molecule has 1 saturated carbocycles. The Bertz CT molecular complexity index is 836. The number of aliphatic hydroxyl groups is 1. The minimum absolute atomic E-state index is 0. The largest absolute Gasteiger partial charge is 0.439 e. The van der Waals surface area contributed by atoms with Crippen molar-refractivity contribution in [3.8, 4) is 11.6 Å². The van der Waals surface area contributed by atoms with Crippen LogP contribution in [0.15, 0.2) is 41.5 Å². The third kappa shape index (κ3) is 7.43. The number of rotatable bonds is 6. The van der Waals surface area contributed by atoms with Gasteiger partial charge in [-0.1, -0.05) is 6.07 Å². The molecule has 0 amide bonds. The van der Waals surface area contributed by atoms with Gasteiger partial charge in [0.25, 0.3) is 0 Å². The van der Waals surface area contributed by atoms with E-state index in [4.69, 9.17) is 9.73 Å². The van der Waals surface area contributed by atoms with Crippen LogP contribution in [0, 0.1) is 13.8 Å². The first-order chi connectivity index (χ1) is 14.0. The van der Waals surface area contributed by atoms with E-state index in [-0.39, 0.29) is 30.1 Å². The van der Waals surface area contributed by atoms with Crippen molar-refractivity contribution in [3.05, 3.63) is 53.2 Å². The molecule has 30 heavy (non-hydrogen) atoms. The summed E-state index contributed by atoms with van der Waals surface area (Å²) in [5.74, 6) is 2.17. The lowest BCUT2D eigenvalue weighted by atomic mass is 9.93. The van der Waals surface area contributed by atoms with Gasteiger partial charge in [-0.05, 0) is 81.3 Å². The summed E-state index contributed by atoms with van der Waals surface area (Å²) >= 11 is 0. The number of hydrogen-bond acceptors (Lipinski definition) is 4. The minimum atomic E-state index is -0.153. The van der Waals surface area contributed by atoms with Gasteiger partial charge in [-0.25, -0.2) is 9.98 Å². The maximum absolute atomic E-state index is 9.69. The zero-order chi connectivity index (χ0) is 20.6. The highest BCUT2D eigenvalue weighted by atomic mass is 127. The average molecular weight is 524 g/mol. The summed E-state index contributed by atoms with van der Waals surface area (Å²) in [5.41, 5.74) is 3.47. The second-order valence-corrected chi connectivity index (χ2v) is 7.70. The molecular weight excluding hydrogens is 491 g/mol. The molecule has 1 aromatic heterocycles. The summed E-state index contributed by atoms with van der Waals surface area (Å²) in [6, 6.07) is 10.3. The molecule has 7 heteroatoms. The average Bonchev–Trinajstić information content (AvgIpc) is 2.71. The summed E-state index contributed by atoms with van der Waals surface area (Å²) in [4.78, 5) is 9.04. The van der Waals surface area contributed by atoms with E-state index in [9.17, 15) is 5.11 Å². The molecule has 3 N–H and O–H groups in total. The van der Waals surface area contributed by atoms with E-state index in [0.29, 0.717) is 18.5 Å². The fourth-order valence-electron chi connectivity index (χ4n) is 3.41. The van der Waals surface area contributed by atoms with Gasteiger partial charge in [0.15, 0.2) is 5.96 Å². The van der Waals surface area contributed by atoms with Crippen LogP contribution in [0.2, 0.25) is 0 Å². The summed E-state index contributed by atoms with van der Waals surface area (Å²) < 4.78 is 5.93. The zero-order valence-electron chi connectivity index (χ0n) is 18.0. The highest BCUT2D eigenvalue weighted by Crippen LogP contribution is 2.23. The van der Waals surface area contributed by atoms with Crippen molar-refractivity contribution in [2.75, 3.05) is 6.54 Å². The number of nitrogens with zero attached hydrogens (tertiary/aromatic N) is 2. The number of pyridine rings is 1. The molecule has 0 bridgehead atoms. The van der Waals surface area contributed by atoms with Crippen LogP contribution >= 0.6 is 24.0 Å². The minimum Gasteiger partial charge on any atom is -0.439 e. The van der Waals surface area contributed by atoms with Crippen LogP contribution in [0.5, 0.6) is 11.6 Å². The standard InChI is InChI=1S/C23H32N4O2.HI/c1-4-24-23(27-19-6-8-20(28)9-7-19)26-15-18-11-12-25-22(14-18)29-21-10-5-16(2)17(3)13-21;/h5,10-14,19-20,28H,4,6-9,15H2,1-3H3,(H2,24,26,27);1H. The highest BCUT2D eigenvalue weighted by molar-refractivity contribution is 14.0. The second-order valence-electron chi connectivity index (χ2n) is 7.70. The molecule has 0 saturated heterocycles. The van der Waals surface area contributed by atoms with Gasteiger partial charge in [-0.15, -0.1) is 24.0 Å². The number of nitrogens with one attached hydrogen (secondary N) is 2. The molecule has 0 atom stereocenters. The van der Waals surface area contributed by atoms with Crippen LogP contribution in [0.3, 0.4) is 0 Å². The molecule has 6 nitrogen and oxygen atoms in total. The quantitative estimate of drug-likeness (QED) is 0.296. The van der Waals surface area contributed by atoms with E-state index in [1.54, 1.807) is 6.20 Å². The Balaban J connectivity index is 0.00000320. The number of guanidine groups is 1. The Morgan fingerprint density at radius 2 is 1.90 bits per heavy atom. The Labute approximate surface area is 196 Å². The van der Waals surface area contributed by atoms with Crippen molar-refractivity contribution in [2.45, 2.75) is 65.1 Å². The van der Waals surface area contributed by atoms with Crippen LogP contribution in [0.4, 0.5) is 0 Å². The molecule has 0 radical (unpaired) electrons. The van der Waals surface area contributed by atoms with Crippen LogP contribution < -0.4 is 15.4 Å². The lowest BCUT2D eigenvalue weighted by molar-refractivity contribution is 0.120. The molecular formula is C23H33IN4O2. The van der Waals surface area contributed by atoms with Crippen molar-refractivity contribution >= 4 is 29.9 Å². The predicted molar refractivity (Wildman–Crippen MR) is 132 cm³/mol. The molecule has 1 aliphatic rings. The lowest BCUT2D eigenvalue weighted by Crippen LogP contribution is -2.45. The van der Waals surface area contributed by atoms with E-state index in [1.807, 2.05) is 24.3 Å². The van der Waals surface area contributed by atoms with Crippen LogP contribution in [0.25, 0.3) is 0 Å². The monoisotopic (exact) mass is 524 g/mol. The molecule has 1 fully saturated rings. The van der Waals surface area contributed by atoms with E-state index in [0.717, 1.165) is 49.5 Å². The first-order valence-corrected chi connectivity index (χ1v) is 10.5. The van der Waals surface area contributed by atoms with Crippen molar-refractivity contribution < 1.29 is 9.84 Å². The van der Waals surface area contributed by atoms with Gasteiger partial charge in [0.2, 0.25) is 5.88 Å². The number of aromatic nitrogens is 1. The maximum atomic E-state index is 9.69. The van der Waals surface area contributed by atoms with Gasteiger partial charge >= 0.3 is 0 Å². The molecule has 164 valence electrons. The summed E-state index contributed by atoms with van der Waals surface area (Å²) in [5, 5.41) is 16.5. The maximum Gasteiger partial charge on any atom is 0.219 e. The van der Waals surface area contributed by atoms with E-state index in [1.165, 1.54) is 11.1 Å². The molecule has 1 aromatic carbocycles. The van der Waals surface area contributed by atoms with Gasteiger partial charge in [-0.3, -0.25) is 0 Å². The van der Waals surface area contributed by atoms with Crippen molar-refractivity contribution in [1.29, 1.82) is 0 Å². The number of aliphatic hydroxyl groups excluding tert-OH is 1. The number of halogens is 1. The number of hydrogen-bond donors (Lipinski definition) is 3. The van der Waals surface area contributed by atoms with Gasteiger partial charge in [-0.2, -0.15) is 0 Å². The molecule has 2 aromatic rings. The van der Waals surface area contributed by atoms with Crippen molar-refractivity contribution in [1.82, 2.24) is 15.6 Å². The van der Waals surface area contributed by atoms with Crippen LogP contribution in [-0.4, -0.2) is 34.7 Å². The van der Waals surface area contributed by atoms with Gasteiger partial charge < -0.3 is 20.5 Å². The smallest absolute Gasteiger partial charge is 0.219 e. The fourth-order valence-corrected chi connectivity index (χ4v) is 3.41. The van der Waals surface area contributed by atoms with E-state index in [2.05, 4.69) is 42.5 Å². The first kappa shape index (κ1) is 24.4. The van der Waals surface area contributed by atoms with Gasteiger partial charge in [0.1, 0.15) is 5.75 Å². The number of ether oxygens (including phenoxy) is 1. The number of benzene rings is 1. The van der Waals surface area contributed by atoms with Crippen molar-refractivity contribution in [3.63, 3.8) is 0 Å². The van der Waals surface area contributed by atoms with Gasteiger partial charge in [0.05, 0.1) is 12.6 Å². The van der Waals surface area contributed by atoms with E-state index < -0.39 is 0 Å². The molecule has 1 heterocycles.